The maximum Gasteiger partial charge on any atom is 0.325 e. The number of imide groups is 1. The summed E-state index contributed by atoms with van der Waals surface area (Å²) in [5, 5.41) is 17.5. The molecule has 3 amide bonds. The highest BCUT2D eigenvalue weighted by atomic mass is 16.6. The van der Waals surface area contributed by atoms with Crippen molar-refractivity contribution in [2.75, 3.05) is 6.61 Å². The number of hydrogen-bond donors (Lipinski definition) is 1. The van der Waals surface area contributed by atoms with Gasteiger partial charge < -0.3 is 14.6 Å². The van der Waals surface area contributed by atoms with Crippen LogP contribution in [0.4, 0.5) is 10.5 Å². The van der Waals surface area contributed by atoms with Crippen molar-refractivity contribution in [1.29, 1.82) is 0 Å². The first-order chi connectivity index (χ1) is 15.3. The van der Waals surface area contributed by atoms with Gasteiger partial charge in [-0.05, 0) is 43.7 Å². The van der Waals surface area contributed by atoms with Crippen LogP contribution in [0.2, 0.25) is 0 Å². The predicted molar refractivity (Wildman–Crippen MR) is 110 cm³/mol. The molecule has 3 aromatic rings. The van der Waals surface area contributed by atoms with Crippen molar-refractivity contribution in [3.05, 3.63) is 70.1 Å². The molecule has 2 heterocycles. The van der Waals surface area contributed by atoms with Gasteiger partial charge in [-0.15, -0.1) is 0 Å². The Kier molecular flexibility index (Phi) is 5.31. The Morgan fingerprint density at radius 2 is 1.91 bits per heavy atom. The Morgan fingerprint density at radius 3 is 2.59 bits per heavy atom. The number of benzene rings is 2. The fourth-order valence-electron chi connectivity index (χ4n) is 3.45. The SMILES string of the molecule is CCOc1ccccc1-c1noc(CN2C(=O)NC(C)(c3ccc([N+](=O)[O-])cc3)C2=O)n1. The van der Waals surface area contributed by atoms with E-state index in [9.17, 15) is 19.7 Å². The predicted octanol–water partition coefficient (Wildman–Crippen LogP) is 3.01. The number of para-hydroxylation sites is 1. The van der Waals surface area contributed by atoms with Crippen LogP contribution in [0.15, 0.2) is 53.1 Å². The van der Waals surface area contributed by atoms with Crippen molar-refractivity contribution in [3.63, 3.8) is 0 Å². The van der Waals surface area contributed by atoms with Crippen molar-refractivity contribution in [2.24, 2.45) is 0 Å². The van der Waals surface area contributed by atoms with E-state index >= 15 is 0 Å². The van der Waals surface area contributed by atoms with Crippen molar-refractivity contribution in [1.82, 2.24) is 20.4 Å². The van der Waals surface area contributed by atoms with Gasteiger partial charge in [-0.1, -0.05) is 17.3 Å². The molecule has 0 spiro atoms. The van der Waals surface area contributed by atoms with E-state index in [4.69, 9.17) is 9.26 Å². The standard InChI is InChI=1S/C21H19N5O6/c1-3-31-16-7-5-4-6-15(16)18-22-17(32-24-18)12-25-19(27)21(2,23-20(25)28)13-8-10-14(11-9-13)26(29)30/h4-11H,3,12H2,1-2H3,(H,23,28). The van der Waals surface area contributed by atoms with E-state index in [1.54, 1.807) is 18.2 Å². The summed E-state index contributed by atoms with van der Waals surface area (Å²) in [5.74, 6) is 0.394. The molecule has 1 unspecified atom stereocenters. The number of amides is 3. The van der Waals surface area contributed by atoms with E-state index < -0.39 is 22.4 Å². The molecule has 0 aliphatic carbocycles. The number of nitrogens with one attached hydrogen (secondary N) is 1. The largest absolute Gasteiger partial charge is 0.493 e. The zero-order chi connectivity index (χ0) is 22.9. The van der Waals surface area contributed by atoms with Crippen LogP contribution in [0.25, 0.3) is 11.4 Å². The number of nitro groups is 1. The molecule has 0 saturated carbocycles. The molecule has 11 nitrogen and oxygen atoms in total. The van der Waals surface area contributed by atoms with E-state index in [2.05, 4.69) is 15.5 Å². The average Bonchev–Trinajstić information content (AvgIpc) is 3.33. The first kappa shape index (κ1) is 21.0. The highest BCUT2D eigenvalue weighted by Crippen LogP contribution is 2.32. The molecule has 4 rings (SSSR count). The summed E-state index contributed by atoms with van der Waals surface area (Å²) in [7, 11) is 0. The number of ether oxygens (including phenoxy) is 1. The number of non-ortho nitro benzene ring substituents is 1. The molecule has 0 radical (unpaired) electrons. The average molecular weight is 437 g/mol. The maximum absolute atomic E-state index is 13.1. The van der Waals surface area contributed by atoms with Gasteiger partial charge in [-0.25, -0.2) is 4.79 Å². The minimum atomic E-state index is -1.38. The number of nitrogens with zero attached hydrogens (tertiary/aromatic N) is 4. The summed E-state index contributed by atoms with van der Waals surface area (Å²) < 4.78 is 10.8. The molecule has 1 aliphatic heterocycles. The van der Waals surface area contributed by atoms with E-state index in [1.165, 1.54) is 31.2 Å². The van der Waals surface area contributed by atoms with Crippen LogP contribution in [-0.4, -0.2) is 38.5 Å². The van der Waals surface area contributed by atoms with Gasteiger partial charge in [0.05, 0.1) is 17.1 Å². The molecule has 1 saturated heterocycles. The van der Waals surface area contributed by atoms with Gasteiger partial charge in [0.15, 0.2) is 0 Å². The number of hydrogen-bond acceptors (Lipinski definition) is 8. The Bertz CT molecular complexity index is 1190. The molecular weight excluding hydrogens is 418 g/mol. The minimum Gasteiger partial charge on any atom is -0.493 e. The van der Waals surface area contributed by atoms with E-state index in [0.29, 0.717) is 23.5 Å². The quantitative estimate of drug-likeness (QED) is 0.338. The lowest BCUT2D eigenvalue weighted by Crippen LogP contribution is -2.40. The lowest BCUT2D eigenvalue weighted by molar-refractivity contribution is -0.384. The fourth-order valence-corrected chi connectivity index (χ4v) is 3.45. The van der Waals surface area contributed by atoms with Crippen LogP contribution in [0.3, 0.4) is 0 Å². The zero-order valence-corrected chi connectivity index (χ0v) is 17.3. The summed E-state index contributed by atoms with van der Waals surface area (Å²) in [6.07, 6.45) is 0. The monoisotopic (exact) mass is 437 g/mol. The Balaban J connectivity index is 1.55. The molecule has 164 valence electrons. The second-order valence-corrected chi connectivity index (χ2v) is 7.19. The minimum absolute atomic E-state index is 0.0720. The summed E-state index contributed by atoms with van der Waals surface area (Å²) in [6, 6.07) is 12.0. The third-order valence-corrected chi connectivity index (χ3v) is 5.12. The lowest BCUT2D eigenvalue weighted by atomic mass is 9.92. The van der Waals surface area contributed by atoms with Crippen LogP contribution >= 0.6 is 0 Å². The zero-order valence-electron chi connectivity index (χ0n) is 17.3. The van der Waals surface area contributed by atoms with Crippen LogP contribution in [0.1, 0.15) is 25.3 Å². The number of rotatable bonds is 7. The molecule has 1 aromatic heterocycles. The first-order valence-electron chi connectivity index (χ1n) is 9.77. The molecule has 0 bridgehead atoms. The van der Waals surface area contributed by atoms with Crippen LogP contribution in [-0.2, 0) is 16.9 Å². The summed E-state index contributed by atoms with van der Waals surface area (Å²) in [5.41, 5.74) is -0.453. The Hall–Kier alpha value is -4.28. The molecular formula is C21H19N5O6. The second kappa shape index (κ2) is 8.10. The van der Waals surface area contributed by atoms with Crippen LogP contribution in [0, 0.1) is 10.1 Å². The van der Waals surface area contributed by atoms with Crippen LogP contribution in [0.5, 0.6) is 5.75 Å². The van der Waals surface area contributed by atoms with Crippen molar-refractivity contribution < 1.29 is 23.8 Å². The molecule has 1 fully saturated rings. The summed E-state index contributed by atoms with van der Waals surface area (Å²) in [4.78, 5) is 41.2. The normalized spacial score (nSPS) is 18.0. The van der Waals surface area contributed by atoms with Crippen molar-refractivity contribution in [3.8, 4) is 17.1 Å². The third kappa shape index (κ3) is 3.64. The Labute approximate surface area is 182 Å². The van der Waals surface area contributed by atoms with Gasteiger partial charge in [-0.3, -0.25) is 19.8 Å². The van der Waals surface area contributed by atoms with Gasteiger partial charge in [0.2, 0.25) is 11.7 Å². The van der Waals surface area contributed by atoms with E-state index in [1.807, 2.05) is 13.0 Å². The molecule has 2 aromatic carbocycles. The smallest absolute Gasteiger partial charge is 0.325 e. The van der Waals surface area contributed by atoms with Crippen LogP contribution < -0.4 is 10.1 Å². The highest BCUT2D eigenvalue weighted by molar-refractivity contribution is 6.07. The van der Waals surface area contributed by atoms with E-state index in [-0.39, 0.29) is 23.9 Å². The number of aromatic nitrogens is 2. The van der Waals surface area contributed by atoms with Gasteiger partial charge in [0.25, 0.3) is 11.6 Å². The summed E-state index contributed by atoms with van der Waals surface area (Å²) in [6.45, 7) is 3.63. The van der Waals surface area contributed by atoms with Gasteiger partial charge in [0, 0.05) is 12.1 Å². The maximum atomic E-state index is 13.1. The highest BCUT2D eigenvalue weighted by Gasteiger charge is 2.49. The number of nitro benzene ring substituents is 1. The number of urea groups is 1. The topological polar surface area (TPSA) is 141 Å². The summed E-state index contributed by atoms with van der Waals surface area (Å²) >= 11 is 0. The Morgan fingerprint density at radius 1 is 1.19 bits per heavy atom. The van der Waals surface area contributed by atoms with E-state index in [0.717, 1.165) is 4.90 Å². The fraction of sp³-hybridized carbons (Fsp3) is 0.238. The molecule has 1 N–H and O–H groups in total. The first-order valence-corrected chi connectivity index (χ1v) is 9.77. The second-order valence-electron chi connectivity index (χ2n) is 7.19. The molecule has 32 heavy (non-hydrogen) atoms. The van der Waals surface area contributed by atoms with Crippen molar-refractivity contribution >= 4 is 17.6 Å². The number of carbonyl (C=O) groups is 2. The van der Waals surface area contributed by atoms with Crippen molar-refractivity contribution in [2.45, 2.75) is 25.9 Å². The third-order valence-electron chi connectivity index (χ3n) is 5.12. The van der Waals surface area contributed by atoms with Gasteiger partial charge in [-0.2, -0.15) is 4.98 Å². The number of carbonyl (C=O) groups excluding carboxylic acids is 2. The molecule has 1 atom stereocenters. The lowest BCUT2D eigenvalue weighted by Gasteiger charge is -2.21. The van der Waals surface area contributed by atoms with Gasteiger partial charge in [0.1, 0.15) is 17.8 Å². The molecule has 11 heteroatoms. The van der Waals surface area contributed by atoms with Gasteiger partial charge >= 0.3 is 6.03 Å². The molecule has 1 aliphatic rings.